The normalized spacial score (nSPS) is 11.7. The number of hydrogen-bond donors (Lipinski definition) is 2. The zero-order chi connectivity index (χ0) is 16.5. The minimum absolute atomic E-state index is 0.576. The van der Waals surface area contributed by atoms with E-state index in [1.165, 1.54) is 19.1 Å². The van der Waals surface area contributed by atoms with Gasteiger partial charge in [-0.1, -0.05) is 12.1 Å². The smallest absolute Gasteiger partial charge is 0.331 e. The molecule has 0 aliphatic rings. The second-order valence-corrected chi connectivity index (χ2v) is 4.27. The Morgan fingerprint density at radius 1 is 1.27 bits per heavy atom. The molecule has 1 atom stereocenters. The van der Waals surface area contributed by atoms with Crippen molar-refractivity contribution in [2.75, 3.05) is 6.61 Å². The molecule has 0 unspecified atom stereocenters. The van der Waals surface area contributed by atoms with E-state index in [9.17, 15) is 14.4 Å². The van der Waals surface area contributed by atoms with Gasteiger partial charge < -0.3 is 15.2 Å². The van der Waals surface area contributed by atoms with Crippen LogP contribution in [-0.4, -0.2) is 30.6 Å². The van der Waals surface area contributed by atoms with Crippen LogP contribution in [0.4, 0.5) is 4.79 Å². The van der Waals surface area contributed by atoms with E-state index < -0.39 is 24.0 Å². The first-order valence-corrected chi connectivity index (χ1v) is 6.64. The molecule has 7 nitrogen and oxygen atoms in total. The largest absolute Gasteiger partial charge is 0.494 e. The quantitative estimate of drug-likeness (QED) is 0.607. The third kappa shape index (κ3) is 6.08. The van der Waals surface area contributed by atoms with Gasteiger partial charge in [0.15, 0.2) is 6.10 Å². The topological polar surface area (TPSA) is 108 Å². The molecule has 0 saturated carbocycles. The van der Waals surface area contributed by atoms with E-state index in [0.29, 0.717) is 6.61 Å². The van der Waals surface area contributed by atoms with Crippen molar-refractivity contribution in [3.63, 3.8) is 0 Å². The van der Waals surface area contributed by atoms with E-state index in [-0.39, 0.29) is 0 Å². The fourth-order valence-electron chi connectivity index (χ4n) is 1.50. The standard InChI is InChI=1S/C15H18N2O5/c1-3-21-12-7-4-11(5-8-12)6-9-13(18)22-10(2)14(19)17-15(16)20/h4-10H,3H2,1-2H3,(H3,16,17,19,20)/b9-6+/t10-/m0/s1. The van der Waals surface area contributed by atoms with Crippen LogP contribution in [0, 0.1) is 0 Å². The van der Waals surface area contributed by atoms with Gasteiger partial charge in [0.25, 0.3) is 5.91 Å². The molecular formula is C15H18N2O5. The summed E-state index contributed by atoms with van der Waals surface area (Å²) >= 11 is 0. The first-order valence-electron chi connectivity index (χ1n) is 6.64. The van der Waals surface area contributed by atoms with Crippen molar-refractivity contribution in [1.82, 2.24) is 5.32 Å². The highest BCUT2D eigenvalue weighted by Gasteiger charge is 2.17. The SMILES string of the molecule is CCOc1ccc(/C=C/C(=O)O[C@@H](C)C(=O)NC(N)=O)cc1. The van der Waals surface area contributed by atoms with Gasteiger partial charge in [-0.2, -0.15) is 0 Å². The Balaban J connectivity index is 2.53. The number of benzene rings is 1. The second kappa shape index (κ2) is 8.46. The van der Waals surface area contributed by atoms with Crippen molar-refractivity contribution < 1.29 is 23.9 Å². The molecule has 0 aromatic heterocycles. The van der Waals surface area contributed by atoms with Gasteiger partial charge in [-0.15, -0.1) is 0 Å². The molecule has 22 heavy (non-hydrogen) atoms. The van der Waals surface area contributed by atoms with Crippen LogP contribution in [0.15, 0.2) is 30.3 Å². The second-order valence-electron chi connectivity index (χ2n) is 4.27. The lowest BCUT2D eigenvalue weighted by atomic mass is 10.2. The molecule has 1 aromatic carbocycles. The monoisotopic (exact) mass is 306 g/mol. The maximum Gasteiger partial charge on any atom is 0.331 e. The van der Waals surface area contributed by atoms with E-state index in [1.807, 2.05) is 12.2 Å². The molecule has 0 radical (unpaired) electrons. The fourth-order valence-corrected chi connectivity index (χ4v) is 1.50. The summed E-state index contributed by atoms with van der Waals surface area (Å²) < 4.78 is 10.1. The summed E-state index contributed by atoms with van der Waals surface area (Å²) in [5, 5.41) is 1.82. The molecule has 0 aliphatic carbocycles. The van der Waals surface area contributed by atoms with Crippen molar-refractivity contribution >= 4 is 24.0 Å². The van der Waals surface area contributed by atoms with Gasteiger partial charge in [-0.25, -0.2) is 9.59 Å². The highest BCUT2D eigenvalue weighted by Crippen LogP contribution is 2.13. The Labute approximate surface area is 128 Å². The molecule has 0 fully saturated rings. The highest BCUT2D eigenvalue weighted by atomic mass is 16.5. The summed E-state index contributed by atoms with van der Waals surface area (Å²) in [5.74, 6) is -0.754. The number of carbonyl (C=O) groups is 3. The van der Waals surface area contributed by atoms with Gasteiger partial charge in [0.1, 0.15) is 5.75 Å². The minimum atomic E-state index is -1.12. The van der Waals surface area contributed by atoms with Gasteiger partial charge in [-0.3, -0.25) is 10.1 Å². The first-order chi connectivity index (χ1) is 10.4. The van der Waals surface area contributed by atoms with Crippen LogP contribution in [0.2, 0.25) is 0 Å². The summed E-state index contributed by atoms with van der Waals surface area (Å²) in [5.41, 5.74) is 5.57. The number of ether oxygens (including phenoxy) is 2. The number of primary amides is 1. The summed E-state index contributed by atoms with van der Waals surface area (Å²) in [6, 6.07) is 6.10. The van der Waals surface area contributed by atoms with E-state index >= 15 is 0 Å². The van der Waals surface area contributed by atoms with Gasteiger partial charge in [-0.05, 0) is 37.6 Å². The zero-order valence-corrected chi connectivity index (χ0v) is 12.4. The number of hydrogen-bond acceptors (Lipinski definition) is 5. The Kier molecular flexibility index (Phi) is 6.62. The molecule has 1 rings (SSSR count). The van der Waals surface area contributed by atoms with Crippen molar-refractivity contribution in [2.24, 2.45) is 5.73 Å². The number of urea groups is 1. The highest BCUT2D eigenvalue weighted by molar-refractivity contribution is 5.97. The average Bonchev–Trinajstić information content (AvgIpc) is 2.46. The maximum atomic E-state index is 11.6. The molecule has 118 valence electrons. The number of nitrogens with two attached hydrogens (primary N) is 1. The minimum Gasteiger partial charge on any atom is -0.494 e. The maximum absolute atomic E-state index is 11.6. The number of carbonyl (C=O) groups excluding carboxylic acids is 3. The molecule has 1 aromatic rings. The Bertz CT molecular complexity index is 566. The lowest BCUT2D eigenvalue weighted by Gasteiger charge is -2.10. The van der Waals surface area contributed by atoms with Crippen molar-refractivity contribution in [1.29, 1.82) is 0 Å². The Morgan fingerprint density at radius 2 is 1.91 bits per heavy atom. The van der Waals surface area contributed by atoms with Crippen LogP contribution in [0.25, 0.3) is 6.08 Å². The predicted molar refractivity (Wildman–Crippen MR) is 79.9 cm³/mol. The zero-order valence-electron chi connectivity index (χ0n) is 12.4. The Morgan fingerprint density at radius 3 is 2.45 bits per heavy atom. The van der Waals surface area contributed by atoms with Crippen LogP contribution >= 0.6 is 0 Å². The molecule has 0 saturated heterocycles. The predicted octanol–water partition coefficient (Wildman–Crippen LogP) is 1.23. The number of esters is 1. The molecule has 3 N–H and O–H groups in total. The first kappa shape index (κ1) is 17.2. The lowest BCUT2D eigenvalue weighted by Crippen LogP contribution is -2.42. The summed E-state index contributed by atoms with van der Waals surface area (Å²) in [6.07, 6.45) is 1.60. The van der Waals surface area contributed by atoms with E-state index in [1.54, 1.807) is 24.3 Å². The average molecular weight is 306 g/mol. The van der Waals surface area contributed by atoms with Gasteiger partial charge >= 0.3 is 12.0 Å². The van der Waals surface area contributed by atoms with Crippen LogP contribution in [-0.2, 0) is 14.3 Å². The summed E-state index contributed by atoms with van der Waals surface area (Å²) in [4.78, 5) is 33.4. The molecule has 0 heterocycles. The van der Waals surface area contributed by atoms with Crippen LogP contribution in [0.3, 0.4) is 0 Å². The van der Waals surface area contributed by atoms with Crippen LogP contribution in [0.5, 0.6) is 5.75 Å². The molecule has 0 bridgehead atoms. The summed E-state index contributed by atoms with van der Waals surface area (Å²) in [6.45, 7) is 3.80. The summed E-state index contributed by atoms with van der Waals surface area (Å²) in [7, 11) is 0. The van der Waals surface area contributed by atoms with E-state index in [0.717, 1.165) is 11.3 Å². The third-order valence-corrected chi connectivity index (χ3v) is 2.51. The van der Waals surface area contributed by atoms with E-state index in [2.05, 4.69) is 0 Å². The third-order valence-electron chi connectivity index (χ3n) is 2.51. The molecule has 3 amide bonds. The molecule has 7 heteroatoms. The van der Waals surface area contributed by atoms with E-state index in [4.69, 9.17) is 15.2 Å². The number of rotatable bonds is 6. The van der Waals surface area contributed by atoms with Gasteiger partial charge in [0, 0.05) is 6.08 Å². The molecule has 0 spiro atoms. The van der Waals surface area contributed by atoms with Crippen molar-refractivity contribution in [3.8, 4) is 5.75 Å². The van der Waals surface area contributed by atoms with Crippen LogP contribution < -0.4 is 15.8 Å². The van der Waals surface area contributed by atoms with Crippen molar-refractivity contribution in [3.05, 3.63) is 35.9 Å². The number of nitrogens with one attached hydrogen (secondary N) is 1. The van der Waals surface area contributed by atoms with Gasteiger partial charge in [0.2, 0.25) is 0 Å². The van der Waals surface area contributed by atoms with Crippen molar-refractivity contribution in [2.45, 2.75) is 20.0 Å². The molecular weight excluding hydrogens is 288 g/mol. The fraction of sp³-hybridized carbons (Fsp3) is 0.267. The van der Waals surface area contributed by atoms with Crippen LogP contribution in [0.1, 0.15) is 19.4 Å². The number of amides is 3. The van der Waals surface area contributed by atoms with Gasteiger partial charge in [0.05, 0.1) is 6.61 Å². The lowest BCUT2D eigenvalue weighted by molar-refractivity contribution is -0.149. The number of imide groups is 1. The Hall–Kier alpha value is -2.83. The molecule has 0 aliphatic heterocycles.